The molecule has 7 nitrogen and oxygen atoms in total. The van der Waals surface area contributed by atoms with Crippen molar-refractivity contribution in [3.63, 3.8) is 0 Å². The van der Waals surface area contributed by atoms with Crippen LogP contribution in [0.15, 0.2) is 24.3 Å². The highest BCUT2D eigenvalue weighted by atomic mass is 16.4. The van der Waals surface area contributed by atoms with Gasteiger partial charge in [0.15, 0.2) is 0 Å². The molecule has 1 aromatic rings. The van der Waals surface area contributed by atoms with Crippen LogP contribution in [0.25, 0.3) is 0 Å². The number of anilines is 1. The second-order valence-electron chi connectivity index (χ2n) is 5.83. The number of carboxylic acid groups (broad SMARTS) is 1. The van der Waals surface area contributed by atoms with Gasteiger partial charge in [-0.1, -0.05) is 6.07 Å². The summed E-state index contributed by atoms with van der Waals surface area (Å²) in [5.74, 6) is -1.32. The average molecular weight is 319 g/mol. The topological polar surface area (TPSA) is 98.7 Å². The molecule has 1 fully saturated rings. The maximum absolute atomic E-state index is 12.5. The van der Waals surface area contributed by atoms with Crippen molar-refractivity contribution in [2.24, 2.45) is 0 Å². The number of carboxylic acids is 1. The summed E-state index contributed by atoms with van der Waals surface area (Å²) in [6, 6.07) is 5.38. The van der Waals surface area contributed by atoms with E-state index in [1.165, 1.54) is 4.90 Å². The first-order valence-electron chi connectivity index (χ1n) is 7.60. The molecule has 0 spiro atoms. The molecule has 1 aromatic carbocycles. The molecule has 1 saturated heterocycles. The number of carbonyl (C=O) groups excluding carboxylic acids is 2. The maximum Gasteiger partial charge on any atom is 0.326 e. The van der Waals surface area contributed by atoms with Crippen molar-refractivity contribution in [3.8, 4) is 0 Å². The number of nitrogens with one attached hydrogen (secondary N) is 2. The number of carbonyl (C=O) groups is 3. The maximum atomic E-state index is 12.5. The lowest BCUT2D eigenvalue weighted by Gasteiger charge is -2.21. The molecular weight excluding hydrogens is 298 g/mol. The quantitative estimate of drug-likeness (QED) is 0.789. The fraction of sp³-hybridized carbons (Fsp3) is 0.438. The van der Waals surface area contributed by atoms with Crippen LogP contribution in [-0.2, 0) is 4.79 Å². The second-order valence-corrected chi connectivity index (χ2v) is 5.83. The van der Waals surface area contributed by atoms with E-state index < -0.39 is 12.0 Å². The van der Waals surface area contributed by atoms with E-state index in [0.717, 1.165) is 0 Å². The Bertz CT molecular complexity index is 615. The van der Waals surface area contributed by atoms with Gasteiger partial charge in [0.2, 0.25) is 0 Å². The third kappa shape index (κ3) is 4.21. The van der Waals surface area contributed by atoms with Crippen molar-refractivity contribution in [3.05, 3.63) is 29.8 Å². The van der Waals surface area contributed by atoms with E-state index in [0.29, 0.717) is 30.6 Å². The average Bonchev–Trinajstić information content (AvgIpc) is 2.95. The molecule has 1 aliphatic heterocycles. The van der Waals surface area contributed by atoms with Crippen LogP contribution in [0.3, 0.4) is 0 Å². The summed E-state index contributed by atoms with van der Waals surface area (Å²) in [6.45, 7) is 4.12. The Morgan fingerprint density at radius 3 is 2.70 bits per heavy atom. The molecule has 0 aromatic heterocycles. The van der Waals surface area contributed by atoms with Crippen LogP contribution in [-0.4, -0.2) is 46.5 Å². The van der Waals surface area contributed by atoms with Crippen molar-refractivity contribution in [1.82, 2.24) is 10.2 Å². The molecule has 124 valence electrons. The number of rotatable bonds is 4. The number of benzene rings is 1. The number of nitrogens with zero attached hydrogens (tertiary/aromatic N) is 1. The highest BCUT2D eigenvalue weighted by molar-refractivity contribution is 5.98. The molecule has 1 atom stereocenters. The second kappa shape index (κ2) is 7.13. The summed E-state index contributed by atoms with van der Waals surface area (Å²) >= 11 is 0. The highest BCUT2D eigenvalue weighted by Gasteiger charge is 2.34. The Morgan fingerprint density at radius 1 is 1.30 bits per heavy atom. The van der Waals surface area contributed by atoms with Gasteiger partial charge in [0.05, 0.1) is 0 Å². The highest BCUT2D eigenvalue weighted by Crippen LogP contribution is 2.21. The van der Waals surface area contributed by atoms with Crippen LogP contribution in [0.4, 0.5) is 10.5 Å². The largest absolute Gasteiger partial charge is 0.480 e. The molecule has 1 heterocycles. The van der Waals surface area contributed by atoms with E-state index in [-0.39, 0.29) is 18.0 Å². The third-order valence-corrected chi connectivity index (χ3v) is 3.59. The minimum absolute atomic E-state index is 0.000685. The summed E-state index contributed by atoms with van der Waals surface area (Å²) in [5.41, 5.74) is 0.848. The summed E-state index contributed by atoms with van der Waals surface area (Å²) in [4.78, 5) is 36.8. The van der Waals surface area contributed by atoms with E-state index in [2.05, 4.69) is 10.6 Å². The standard InChI is InChI=1S/C16H21N3O4/c1-10(2)17-16(23)18-12-6-3-5-11(9-12)14(20)19-8-4-7-13(19)15(21)22/h3,5-6,9-10,13H,4,7-8H2,1-2H3,(H,21,22)(H2,17,18,23)/t13-/m0/s1. The van der Waals surface area contributed by atoms with E-state index in [1.807, 2.05) is 13.8 Å². The molecule has 7 heteroatoms. The number of likely N-dealkylation sites (tertiary alicyclic amines) is 1. The molecule has 3 amide bonds. The lowest BCUT2D eigenvalue weighted by Crippen LogP contribution is -2.40. The zero-order valence-corrected chi connectivity index (χ0v) is 13.2. The van der Waals surface area contributed by atoms with E-state index in [9.17, 15) is 19.5 Å². The lowest BCUT2D eigenvalue weighted by atomic mass is 10.1. The van der Waals surface area contributed by atoms with Gasteiger partial charge in [-0.05, 0) is 44.9 Å². The number of amides is 3. The van der Waals surface area contributed by atoms with Gasteiger partial charge in [0.1, 0.15) is 6.04 Å². The van der Waals surface area contributed by atoms with Gasteiger partial charge in [-0.3, -0.25) is 4.79 Å². The smallest absolute Gasteiger partial charge is 0.326 e. The van der Waals surface area contributed by atoms with E-state index in [1.54, 1.807) is 24.3 Å². The summed E-state index contributed by atoms with van der Waals surface area (Å²) in [7, 11) is 0. The fourth-order valence-electron chi connectivity index (χ4n) is 2.59. The van der Waals surface area contributed by atoms with Crippen molar-refractivity contribution in [2.75, 3.05) is 11.9 Å². The molecule has 0 unspecified atom stereocenters. The van der Waals surface area contributed by atoms with Crippen molar-refractivity contribution in [2.45, 2.75) is 38.8 Å². The van der Waals surface area contributed by atoms with Crippen LogP contribution in [0.2, 0.25) is 0 Å². The minimum Gasteiger partial charge on any atom is -0.480 e. The first kappa shape index (κ1) is 16.8. The molecule has 2 rings (SSSR count). The molecule has 0 aliphatic carbocycles. The van der Waals surface area contributed by atoms with Crippen LogP contribution in [0.1, 0.15) is 37.0 Å². The normalized spacial score (nSPS) is 17.2. The number of aliphatic carboxylic acids is 1. The Balaban J connectivity index is 2.11. The minimum atomic E-state index is -0.985. The number of hydrogen-bond acceptors (Lipinski definition) is 3. The number of urea groups is 1. The zero-order valence-electron chi connectivity index (χ0n) is 13.2. The van der Waals surface area contributed by atoms with Crippen LogP contribution < -0.4 is 10.6 Å². The van der Waals surface area contributed by atoms with Gasteiger partial charge in [-0.2, -0.15) is 0 Å². The fourth-order valence-corrected chi connectivity index (χ4v) is 2.59. The SMILES string of the molecule is CC(C)NC(=O)Nc1cccc(C(=O)N2CCC[C@H]2C(=O)O)c1. The summed E-state index contributed by atoms with van der Waals surface area (Å²) < 4.78 is 0. The van der Waals surface area contributed by atoms with Crippen LogP contribution in [0, 0.1) is 0 Å². The number of hydrogen-bond donors (Lipinski definition) is 3. The Labute approximate surface area is 134 Å². The predicted molar refractivity (Wildman–Crippen MR) is 85.4 cm³/mol. The van der Waals surface area contributed by atoms with Crippen LogP contribution in [0.5, 0.6) is 0 Å². The Morgan fingerprint density at radius 2 is 2.04 bits per heavy atom. The summed E-state index contributed by atoms with van der Waals surface area (Å²) in [5, 5.41) is 14.5. The van der Waals surface area contributed by atoms with Gasteiger partial charge in [-0.15, -0.1) is 0 Å². The van der Waals surface area contributed by atoms with E-state index in [4.69, 9.17) is 0 Å². The molecule has 0 radical (unpaired) electrons. The Hall–Kier alpha value is -2.57. The van der Waals surface area contributed by atoms with Gasteiger partial charge < -0.3 is 20.6 Å². The van der Waals surface area contributed by atoms with E-state index >= 15 is 0 Å². The lowest BCUT2D eigenvalue weighted by molar-refractivity contribution is -0.141. The van der Waals surface area contributed by atoms with Crippen molar-refractivity contribution in [1.29, 1.82) is 0 Å². The van der Waals surface area contributed by atoms with Gasteiger partial charge in [0.25, 0.3) is 5.91 Å². The van der Waals surface area contributed by atoms with Gasteiger partial charge in [0, 0.05) is 23.8 Å². The monoisotopic (exact) mass is 319 g/mol. The molecule has 23 heavy (non-hydrogen) atoms. The molecule has 1 aliphatic rings. The Kier molecular flexibility index (Phi) is 5.20. The first-order chi connectivity index (χ1) is 10.9. The third-order valence-electron chi connectivity index (χ3n) is 3.59. The van der Waals surface area contributed by atoms with Crippen molar-refractivity contribution >= 4 is 23.6 Å². The molecular formula is C16H21N3O4. The molecule has 0 bridgehead atoms. The van der Waals surface area contributed by atoms with Crippen molar-refractivity contribution < 1.29 is 19.5 Å². The van der Waals surface area contributed by atoms with Gasteiger partial charge >= 0.3 is 12.0 Å². The predicted octanol–water partition coefficient (Wildman–Crippen LogP) is 1.91. The van der Waals surface area contributed by atoms with Gasteiger partial charge in [-0.25, -0.2) is 9.59 Å². The summed E-state index contributed by atoms with van der Waals surface area (Å²) in [6.07, 6.45) is 1.15. The van der Waals surface area contributed by atoms with Crippen LogP contribution >= 0.6 is 0 Å². The zero-order chi connectivity index (χ0) is 17.0. The molecule has 3 N–H and O–H groups in total. The first-order valence-corrected chi connectivity index (χ1v) is 7.60. The molecule has 0 saturated carbocycles.